The lowest BCUT2D eigenvalue weighted by Crippen LogP contribution is -2.35. The van der Waals surface area contributed by atoms with Gasteiger partial charge in [-0.3, -0.25) is 9.78 Å². The number of carbonyl (C=O) groups is 2. The van der Waals surface area contributed by atoms with Crippen LogP contribution >= 0.6 is 0 Å². The molecule has 2 aromatic heterocycles. The minimum Gasteiger partial charge on any atom is -0.478 e. The second-order valence-corrected chi connectivity index (χ2v) is 10.8. The van der Waals surface area contributed by atoms with Crippen LogP contribution in [0.15, 0.2) is 109 Å². The summed E-state index contributed by atoms with van der Waals surface area (Å²) in [6.07, 6.45) is 3.41. The van der Waals surface area contributed by atoms with Crippen LogP contribution in [0.25, 0.3) is 21.8 Å². The number of fused-ring (bicyclic) bond motifs is 2. The van der Waals surface area contributed by atoms with Crippen LogP contribution in [-0.2, 0) is 12.1 Å². The molecule has 1 amide bonds. The molecule has 1 aliphatic rings. The Labute approximate surface area is 246 Å². The lowest BCUT2D eigenvalue weighted by molar-refractivity contribution is 0.0696. The normalized spacial score (nSPS) is 13.6. The maximum Gasteiger partial charge on any atom is 0.335 e. The SMILES string of the molecule is O=C(O)c1ccc(C2(NC(=O)c3cc(Oc4ccccc4)cc4ccn(Cc5ccc6cc(F)ccc6n5)c34)CC2)cc1. The molecule has 6 aromatic rings. The van der Waals surface area contributed by atoms with E-state index in [0.717, 1.165) is 40.4 Å². The highest BCUT2D eigenvalue weighted by atomic mass is 19.1. The van der Waals surface area contributed by atoms with Crippen LogP contribution in [0.3, 0.4) is 0 Å². The quantitative estimate of drug-likeness (QED) is 0.200. The standard InChI is InChI=1S/C35H26FN3O4/c36-26-11-13-31-23(18-26)8-12-27(37-31)21-39-17-14-24-19-29(43-28-4-2-1-3-5-28)20-30(32(24)39)33(40)38-35(15-16-35)25-9-6-22(7-10-25)34(41)42/h1-14,17-20H,15-16,21H2,(H,38,40)(H,41,42). The number of carboxylic acids is 1. The molecule has 7 rings (SSSR count). The third kappa shape index (κ3) is 5.19. The average Bonchev–Trinajstić information content (AvgIpc) is 3.69. The molecule has 0 aliphatic heterocycles. The number of halogens is 1. The number of nitrogens with zero attached hydrogens (tertiary/aromatic N) is 2. The maximum absolute atomic E-state index is 14.1. The third-order valence-corrected chi connectivity index (χ3v) is 7.89. The highest BCUT2D eigenvalue weighted by Gasteiger charge is 2.46. The molecule has 0 spiro atoms. The van der Waals surface area contributed by atoms with Crippen molar-refractivity contribution in [2.75, 3.05) is 0 Å². The minimum atomic E-state index is -0.994. The summed E-state index contributed by atoms with van der Waals surface area (Å²) in [6, 6.07) is 29.9. The lowest BCUT2D eigenvalue weighted by Gasteiger charge is -2.20. The second kappa shape index (κ2) is 10.4. The first-order valence-corrected chi connectivity index (χ1v) is 13.9. The summed E-state index contributed by atoms with van der Waals surface area (Å²) in [4.78, 5) is 30.1. The number of ether oxygens (including phenoxy) is 1. The topological polar surface area (TPSA) is 93.5 Å². The highest BCUT2D eigenvalue weighted by molar-refractivity contribution is 6.07. The number of pyridine rings is 1. The number of aromatic carboxylic acids is 1. The summed E-state index contributed by atoms with van der Waals surface area (Å²) in [5.74, 6) is -0.379. The average molecular weight is 572 g/mol. The van der Waals surface area contributed by atoms with Crippen molar-refractivity contribution in [1.82, 2.24) is 14.9 Å². The number of aromatic nitrogens is 2. The van der Waals surface area contributed by atoms with Gasteiger partial charge < -0.3 is 19.7 Å². The van der Waals surface area contributed by atoms with Crippen molar-refractivity contribution in [3.63, 3.8) is 0 Å². The van der Waals surface area contributed by atoms with Crippen molar-refractivity contribution in [1.29, 1.82) is 0 Å². The second-order valence-electron chi connectivity index (χ2n) is 10.8. The summed E-state index contributed by atoms with van der Waals surface area (Å²) in [6.45, 7) is 0.401. The zero-order valence-electron chi connectivity index (χ0n) is 23.0. The van der Waals surface area contributed by atoms with Crippen molar-refractivity contribution in [3.05, 3.63) is 138 Å². The number of carbonyl (C=O) groups excluding carboxylic acids is 1. The molecule has 1 saturated carbocycles. The van der Waals surface area contributed by atoms with Crippen molar-refractivity contribution < 1.29 is 23.8 Å². The molecule has 7 nitrogen and oxygen atoms in total. The van der Waals surface area contributed by atoms with Crippen molar-refractivity contribution in [2.45, 2.75) is 24.9 Å². The summed E-state index contributed by atoms with van der Waals surface area (Å²) >= 11 is 0. The highest BCUT2D eigenvalue weighted by Crippen LogP contribution is 2.46. The summed E-state index contributed by atoms with van der Waals surface area (Å²) < 4.78 is 21.8. The molecule has 4 aromatic carbocycles. The van der Waals surface area contributed by atoms with Crippen LogP contribution < -0.4 is 10.1 Å². The maximum atomic E-state index is 14.1. The van der Waals surface area contributed by atoms with Gasteiger partial charge in [-0.25, -0.2) is 9.18 Å². The van der Waals surface area contributed by atoms with Gasteiger partial charge in [0.05, 0.1) is 39.9 Å². The molecule has 0 unspecified atom stereocenters. The zero-order chi connectivity index (χ0) is 29.6. The first kappa shape index (κ1) is 26.4. The molecule has 212 valence electrons. The van der Waals surface area contributed by atoms with Crippen molar-refractivity contribution in [3.8, 4) is 11.5 Å². The molecule has 0 bridgehead atoms. The lowest BCUT2D eigenvalue weighted by atomic mass is 10.0. The Kier molecular flexibility index (Phi) is 6.39. The Morgan fingerprint density at radius 3 is 2.42 bits per heavy atom. The van der Waals surface area contributed by atoms with Gasteiger partial charge in [-0.05, 0) is 85.1 Å². The van der Waals surface area contributed by atoms with Gasteiger partial charge in [-0.15, -0.1) is 0 Å². The van der Waals surface area contributed by atoms with Gasteiger partial charge in [0.15, 0.2) is 0 Å². The van der Waals surface area contributed by atoms with Gasteiger partial charge in [0, 0.05) is 17.0 Å². The predicted octanol–water partition coefficient (Wildman–Crippen LogP) is 7.29. The van der Waals surface area contributed by atoms with Gasteiger partial charge in [-0.2, -0.15) is 0 Å². The largest absolute Gasteiger partial charge is 0.478 e. The number of amides is 1. The summed E-state index contributed by atoms with van der Waals surface area (Å²) in [5.41, 5.74) is 3.14. The summed E-state index contributed by atoms with van der Waals surface area (Å²) in [5, 5.41) is 14.1. The van der Waals surface area contributed by atoms with E-state index in [2.05, 4.69) is 5.32 Å². The van der Waals surface area contributed by atoms with Gasteiger partial charge >= 0.3 is 5.97 Å². The van der Waals surface area contributed by atoms with Gasteiger partial charge in [0.2, 0.25) is 0 Å². The van der Waals surface area contributed by atoms with E-state index in [4.69, 9.17) is 9.72 Å². The molecule has 8 heteroatoms. The number of hydrogen-bond donors (Lipinski definition) is 2. The van der Waals surface area contributed by atoms with Crippen LogP contribution in [-0.4, -0.2) is 26.5 Å². The van der Waals surface area contributed by atoms with Crippen molar-refractivity contribution >= 4 is 33.7 Å². The van der Waals surface area contributed by atoms with E-state index in [-0.39, 0.29) is 17.3 Å². The van der Waals surface area contributed by atoms with Crippen LogP contribution in [0, 0.1) is 5.82 Å². The number of benzene rings is 4. The van der Waals surface area contributed by atoms with E-state index in [1.165, 1.54) is 12.1 Å². The van der Waals surface area contributed by atoms with E-state index in [1.807, 2.05) is 65.4 Å². The van der Waals surface area contributed by atoms with E-state index >= 15 is 0 Å². The number of carboxylic acid groups (broad SMARTS) is 1. The van der Waals surface area contributed by atoms with E-state index < -0.39 is 11.5 Å². The zero-order valence-corrected chi connectivity index (χ0v) is 23.0. The number of hydrogen-bond acceptors (Lipinski definition) is 4. The monoisotopic (exact) mass is 571 g/mol. The van der Waals surface area contributed by atoms with Crippen LogP contribution in [0.2, 0.25) is 0 Å². The molecule has 0 radical (unpaired) electrons. The molecule has 2 N–H and O–H groups in total. The molecule has 0 atom stereocenters. The molecule has 1 aliphatic carbocycles. The Bertz CT molecular complexity index is 2020. The first-order valence-electron chi connectivity index (χ1n) is 13.9. The molecular formula is C35H26FN3O4. The molecular weight excluding hydrogens is 545 g/mol. The fourth-order valence-corrected chi connectivity index (χ4v) is 5.54. The Morgan fingerprint density at radius 1 is 0.884 bits per heavy atom. The fourth-order valence-electron chi connectivity index (χ4n) is 5.54. The van der Waals surface area contributed by atoms with E-state index in [9.17, 15) is 19.1 Å². The molecule has 1 fully saturated rings. The van der Waals surface area contributed by atoms with Crippen LogP contribution in [0.5, 0.6) is 11.5 Å². The van der Waals surface area contributed by atoms with E-state index in [1.54, 1.807) is 36.4 Å². The Balaban J connectivity index is 1.26. The van der Waals surface area contributed by atoms with Crippen LogP contribution in [0.4, 0.5) is 4.39 Å². The third-order valence-electron chi connectivity index (χ3n) is 7.89. The number of para-hydroxylation sites is 1. The number of rotatable bonds is 8. The molecule has 0 saturated heterocycles. The Morgan fingerprint density at radius 2 is 1.67 bits per heavy atom. The smallest absolute Gasteiger partial charge is 0.335 e. The van der Waals surface area contributed by atoms with Gasteiger partial charge in [0.25, 0.3) is 5.91 Å². The predicted molar refractivity (Wildman–Crippen MR) is 161 cm³/mol. The first-order chi connectivity index (χ1) is 20.9. The van der Waals surface area contributed by atoms with Crippen LogP contribution in [0.1, 0.15) is 44.8 Å². The van der Waals surface area contributed by atoms with Crippen molar-refractivity contribution in [2.24, 2.45) is 0 Å². The summed E-state index contributed by atoms with van der Waals surface area (Å²) in [7, 11) is 0. The number of nitrogens with one attached hydrogen (secondary N) is 1. The van der Waals surface area contributed by atoms with Gasteiger partial charge in [-0.1, -0.05) is 36.4 Å². The molecule has 2 heterocycles. The fraction of sp³-hybridized carbons (Fsp3) is 0.114. The minimum absolute atomic E-state index is 0.198. The Hall–Kier alpha value is -5.50. The van der Waals surface area contributed by atoms with E-state index in [0.29, 0.717) is 29.1 Å². The van der Waals surface area contributed by atoms with Gasteiger partial charge in [0.1, 0.15) is 17.3 Å². The molecule has 43 heavy (non-hydrogen) atoms.